The fourth-order valence-corrected chi connectivity index (χ4v) is 1.97. The minimum atomic E-state index is -0.206. The molecule has 0 amide bonds. The SMILES string of the molecule is COc1ncccc1-c1cc(=O)[nH]c(N(C)CCN(C)C)n1. The summed E-state index contributed by atoms with van der Waals surface area (Å²) in [7, 11) is 7.44. The second-order valence-electron chi connectivity index (χ2n) is 5.24. The molecule has 0 spiro atoms. The highest BCUT2D eigenvalue weighted by Crippen LogP contribution is 2.25. The van der Waals surface area contributed by atoms with Gasteiger partial charge >= 0.3 is 0 Å². The fourth-order valence-electron chi connectivity index (χ4n) is 1.97. The second-order valence-corrected chi connectivity index (χ2v) is 5.24. The molecule has 0 aliphatic rings. The lowest BCUT2D eigenvalue weighted by Crippen LogP contribution is -2.30. The fraction of sp³-hybridized carbons (Fsp3) is 0.400. The molecule has 1 N–H and O–H groups in total. The molecule has 0 radical (unpaired) electrons. The van der Waals surface area contributed by atoms with E-state index in [0.717, 1.165) is 13.1 Å². The van der Waals surface area contributed by atoms with Crippen LogP contribution in [-0.2, 0) is 0 Å². The van der Waals surface area contributed by atoms with Gasteiger partial charge in [-0.25, -0.2) is 9.97 Å². The molecular weight excluding hydrogens is 282 g/mol. The van der Waals surface area contributed by atoms with Crippen molar-refractivity contribution < 1.29 is 4.74 Å². The Balaban J connectivity index is 2.36. The first-order valence-corrected chi connectivity index (χ1v) is 6.98. The average Bonchev–Trinajstić information content (AvgIpc) is 2.51. The van der Waals surface area contributed by atoms with Gasteiger partial charge in [0.25, 0.3) is 5.56 Å². The first-order chi connectivity index (χ1) is 10.5. The number of aromatic nitrogens is 3. The van der Waals surface area contributed by atoms with E-state index in [4.69, 9.17) is 4.74 Å². The quantitative estimate of drug-likeness (QED) is 0.852. The highest BCUT2D eigenvalue weighted by Gasteiger charge is 2.12. The zero-order chi connectivity index (χ0) is 16.1. The minimum absolute atomic E-state index is 0.206. The largest absolute Gasteiger partial charge is 0.481 e. The van der Waals surface area contributed by atoms with Gasteiger partial charge in [-0.15, -0.1) is 0 Å². The molecule has 0 aliphatic heterocycles. The van der Waals surface area contributed by atoms with Crippen molar-refractivity contribution in [1.29, 1.82) is 0 Å². The maximum absolute atomic E-state index is 11.9. The van der Waals surface area contributed by atoms with E-state index in [1.54, 1.807) is 19.4 Å². The van der Waals surface area contributed by atoms with Gasteiger partial charge in [0.1, 0.15) is 0 Å². The lowest BCUT2D eigenvalue weighted by atomic mass is 10.2. The number of ether oxygens (including phenoxy) is 1. The summed E-state index contributed by atoms with van der Waals surface area (Å²) in [4.78, 5) is 27.3. The molecular formula is C15H21N5O2. The Hall–Kier alpha value is -2.41. The van der Waals surface area contributed by atoms with E-state index >= 15 is 0 Å². The summed E-state index contributed by atoms with van der Waals surface area (Å²) in [6.45, 7) is 1.62. The Morgan fingerprint density at radius 2 is 2.05 bits per heavy atom. The molecule has 22 heavy (non-hydrogen) atoms. The van der Waals surface area contributed by atoms with Crippen LogP contribution in [0.25, 0.3) is 11.3 Å². The Kier molecular flexibility index (Phi) is 5.11. The molecule has 0 fully saturated rings. The van der Waals surface area contributed by atoms with Crippen molar-refractivity contribution in [2.45, 2.75) is 0 Å². The van der Waals surface area contributed by atoms with Gasteiger partial charge in [0.05, 0.1) is 18.4 Å². The minimum Gasteiger partial charge on any atom is -0.481 e. The highest BCUT2D eigenvalue weighted by atomic mass is 16.5. The molecule has 0 unspecified atom stereocenters. The van der Waals surface area contributed by atoms with E-state index in [1.165, 1.54) is 6.07 Å². The van der Waals surface area contributed by atoms with Crippen LogP contribution >= 0.6 is 0 Å². The molecule has 2 aromatic heterocycles. The Bertz CT molecular complexity index is 684. The summed E-state index contributed by atoms with van der Waals surface area (Å²) in [6, 6.07) is 5.07. The third kappa shape index (κ3) is 3.82. The maximum atomic E-state index is 11.9. The van der Waals surface area contributed by atoms with Gasteiger partial charge in [-0.1, -0.05) is 0 Å². The Morgan fingerprint density at radius 1 is 1.27 bits per heavy atom. The van der Waals surface area contributed by atoms with Crippen LogP contribution in [-0.4, -0.2) is 61.2 Å². The van der Waals surface area contributed by atoms with Gasteiger partial charge in [0, 0.05) is 32.4 Å². The van der Waals surface area contributed by atoms with Crippen molar-refractivity contribution in [2.24, 2.45) is 0 Å². The predicted octanol–water partition coefficient (Wildman–Crippen LogP) is 0.838. The van der Waals surface area contributed by atoms with Crippen molar-refractivity contribution >= 4 is 5.95 Å². The summed E-state index contributed by atoms with van der Waals surface area (Å²) in [5.41, 5.74) is 1.03. The van der Waals surface area contributed by atoms with Crippen LogP contribution < -0.4 is 15.2 Å². The molecule has 0 aromatic carbocycles. The third-order valence-electron chi connectivity index (χ3n) is 3.21. The zero-order valence-electron chi connectivity index (χ0n) is 13.3. The standard InChI is InChI=1S/C15H21N5O2/c1-19(2)8-9-20(3)15-17-12(10-13(21)18-15)11-6-5-7-16-14(11)22-4/h5-7,10H,8-9H2,1-4H3,(H,17,18,21). The lowest BCUT2D eigenvalue weighted by molar-refractivity contribution is 0.399. The van der Waals surface area contributed by atoms with Gasteiger partial charge in [0.15, 0.2) is 0 Å². The Labute approximate surface area is 129 Å². The molecule has 0 aliphatic carbocycles. The predicted molar refractivity (Wildman–Crippen MR) is 86.5 cm³/mol. The van der Waals surface area contributed by atoms with Crippen LogP contribution in [0.3, 0.4) is 0 Å². The summed E-state index contributed by atoms with van der Waals surface area (Å²) in [5, 5.41) is 0. The van der Waals surface area contributed by atoms with Crippen LogP contribution in [0.5, 0.6) is 5.88 Å². The zero-order valence-corrected chi connectivity index (χ0v) is 13.3. The summed E-state index contributed by atoms with van der Waals surface area (Å²) in [5.74, 6) is 0.970. The van der Waals surface area contributed by atoms with Gasteiger partial charge in [-0.05, 0) is 26.2 Å². The number of H-pyrrole nitrogens is 1. The Morgan fingerprint density at radius 3 is 2.73 bits per heavy atom. The van der Waals surface area contributed by atoms with Crippen molar-refractivity contribution in [1.82, 2.24) is 19.9 Å². The molecule has 0 atom stereocenters. The van der Waals surface area contributed by atoms with E-state index in [1.807, 2.05) is 32.1 Å². The van der Waals surface area contributed by atoms with Crippen molar-refractivity contribution in [2.75, 3.05) is 46.2 Å². The van der Waals surface area contributed by atoms with Crippen LogP contribution in [0.15, 0.2) is 29.2 Å². The van der Waals surface area contributed by atoms with Crippen LogP contribution in [0.4, 0.5) is 5.95 Å². The first kappa shape index (κ1) is 16.0. The number of anilines is 1. The van der Waals surface area contributed by atoms with E-state index in [2.05, 4.69) is 19.9 Å². The number of hydrogen-bond donors (Lipinski definition) is 1. The molecule has 0 bridgehead atoms. The molecule has 7 nitrogen and oxygen atoms in total. The van der Waals surface area contributed by atoms with Crippen molar-refractivity contribution in [3.63, 3.8) is 0 Å². The summed E-state index contributed by atoms with van der Waals surface area (Å²) < 4.78 is 5.24. The molecule has 0 saturated carbocycles. The molecule has 118 valence electrons. The molecule has 2 rings (SSSR count). The lowest BCUT2D eigenvalue weighted by Gasteiger charge is -2.20. The number of pyridine rings is 1. The highest BCUT2D eigenvalue weighted by molar-refractivity contribution is 5.65. The number of nitrogens with one attached hydrogen (secondary N) is 1. The molecule has 0 saturated heterocycles. The van der Waals surface area contributed by atoms with E-state index < -0.39 is 0 Å². The topological polar surface area (TPSA) is 74.3 Å². The molecule has 2 heterocycles. The van der Waals surface area contributed by atoms with E-state index in [0.29, 0.717) is 23.1 Å². The summed E-state index contributed by atoms with van der Waals surface area (Å²) >= 11 is 0. The third-order valence-corrected chi connectivity index (χ3v) is 3.21. The second kappa shape index (κ2) is 7.04. The van der Waals surface area contributed by atoms with Crippen molar-refractivity contribution in [3.05, 3.63) is 34.7 Å². The van der Waals surface area contributed by atoms with Crippen LogP contribution in [0.2, 0.25) is 0 Å². The number of aromatic amines is 1. The van der Waals surface area contributed by atoms with Gasteiger partial charge in [-0.3, -0.25) is 9.78 Å². The van der Waals surface area contributed by atoms with Gasteiger partial charge in [-0.2, -0.15) is 0 Å². The monoisotopic (exact) mass is 303 g/mol. The van der Waals surface area contributed by atoms with Crippen LogP contribution in [0.1, 0.15) is 0 Å². The maximum Gasteiger partial charge on any atom is 0.252 e. The van der Waals surface area contributed by atoms with Gasteiger partial charge < -0.3 is 14.5 Å². The number of methoxy groups -OCH3 is 1. The number of hydrogen-bond acceptors (Lipinski definition) is 6. The summed E-state index contributed by atoms with van der Waals surface area (Å²) in [6.07, 6.45) is 1.64. The number of nitrogens with zero attached hydrogens (tertiary/aromatic N) is 4. The number of likely N-dealkylation sites (N-methyl/N-ethyl adjacent to an activating group) is 2. The molecule has 2 aromatic rings. The number of rotatable bonds is 6. The van der Waals surface area contributed by atoms with E-state index in [-0.39, 0.29) is 5.56 Å². The van der Waals surface area contributed by atoms with E-state index in [9.17, 15) is 4.79 Å². The van der Waals surface area contributed by atoms with Crippen LogP contribution in [0, 0.1) is 0 Å². The van der Waals surface area contributed by atoms with Crippen molar-refractivity contribution in [3.8, 4) is 17.1 Å². The average molecular weight is 303 g/mol. The normalized spacial score (nSPS) is 10.8. The molecule has 7 heteroatoms. The van der Waals surface area contributed by atoms with Gasteiger partial charge in [0.2, 0.25) is 11.8 Å². The smallest absolute Gasteiger partial charge is 0.252 e. The first-order valence-electron chi connectivity index (χ1n) is 6.98.